The second-order valence-corrected chi connectivity index (χ2v) is 4.73. The van der Waals surface area contributed by atoms with Gasteiger partial charge in [-0.25, -0.2) is 0 Å². The number of benzene rings is 1. The van der Waals surface area contributed by atoms with E-state index in [1.807, 2.05) is 19.1 Å². The summed E-state index contributed by atoms with van der Waals surface area (Å²) in [5.74, 6) is 2.35. The molecule has 0 bridgehead atoms. The highest BCUT2D eigenvalue weighted by molar-refractivity contribution is 5.31. The Morgan fingerprint density at radius 1 is 1.44 bits per heavy atom. The Balaban J connectivity index is 2.09. The molecule has 1 aliphatic rings. The van der Waals surface area contributed by atoms with Gasteiger partial charge in [-0.3, -0.25) is 0 Å². The monoisotopic (exact) mass is 219 g/mol. The minimum Gasteiger partial charge on any atom is -0.494 e. The molecule has 2 unspecified atom stereocenters. The topological polar surface area (TPSA) is 35.2 Å². The second-order valence-electron chi connectivity index (χ2n) is 4.73. The molecule has 16 heavy (non-hydrogen) atoms. The van der Waals surface area contributed by atoms with Gasteiger partial charge in [0.15, 0.2) is 0 Å². The van der Waals surface area contributed by atoms with E-state index in [1.54, 1.807) is 0 Å². The van der Waals surface area contributed by atoms with Crippen LogP contribution in [0.3, 0.4) is 0 Å². The Labute approximate surface area is 97.8 Å². The van der Waals surface area contributed by atoms with Crippen molar-refractivity contribution in [3.8, 4) is 5.75 Å². The summed E-state index contributed by atoms with van der Waals surface area (Å²) in [7, 11) is 0. The Morgan fingerprint density at radius 2 is 2.19 bits per heavy atom. The van der Waals surface area contributed by atoms with E-state index in [2.05, 4.69) is 19.1 Å². The molecular weight excluding hydrogens is 198 g/mol. The molecular formula is C14H21NO. The number of ether oxygens (including phenoxy) is 1. The zero-order valence-corrected chi connectivity index (χ0v) is 10.1. The molecule has 0 aromatic heterocycles. The summed E-state index contributed by atoms with van der Waals surface area (Å²) < 4.78 is 5.50. The first kappa shape index (κ1) is 11.5. The van der Waals surface area contributed by atoms with Gasteiger partial charge in [0.2, 0.25) is 0 Å². The molecule has 2 heteroatoms. The molecule has 1 fully saturated rings. The maximum atomic E-state index is 6.29. The van der Waals surface area contributed by atoms with E-state index in [1.165, 1.54) is 18.4 Å². The van der Waals surface area contributed by atoms with Crippen LogP contribution in [0.1, 0.15) is 38.3 Å². The van der Waals surface area contributed by atoms with Crippen molar-refractivity contribution < 1.29 is 4.74 Å². The number of nitrogens with two attached hydrogens (primary N) is 1. The molecule has 1 aromatic carbocycles. The van der Waals surface area contributed by atoms with Crippen LogP contribution in [0, 0.1) is 11.8 Å². The third-order valence-corrected chi connectivity index (χ3v) is 3.49. The lowest BCUT2D eigenvalue weighted by molar-refractivity contribution is 0.338. The van der Waals surface area contributed by atoms with Gasteiger partial charge in [-0.15, -0.1) is 0 Å². The predicted molar refractivity (Wildman–Crippen MR) is 66.4 cm³/mol. The van der Waals surface area contributed by atoms with Gasteiger partial charge in [0, 0.05) is 6.04 Å². The van der Waals surface area contributed by atoms with E-state index < -0.39 is 0 Å². The lowest BCUT2D eigenvalue weighted by Gasteiger charge is -2.20. The summed E-state index contributed by atoms with van der Waals surface area (Å²) in [4.78, 5) is 0. The molecule has 0 heterocycles. The summed E-state index contributed by atoms with van der Waals surface area (Å²) >= 11 is 0. The maximum Gasteiger partial charge on any atom is 0.119 e. The van der Waals surface area contributed by atoms with Gasteiger partial charge in [-0.05, 0) is 49.3 Å². The van der Waals surface area contributed by atoms with Crippen LogP contribution in [0.4, 0.5) is 0 Å². The highest BCUT2D eigenvalue weighted by Gasteiger charge is 2.32. The average Bonchev–Trinajstić information content (AvgIpc) is 3.12. The van der Waals surface area contributed by atoms with Gasteiger partial charge in [0.25, 0.3) is 0 Å². The van der Waals surface area contributed by atoms with Gasteiger partial charge in [-0.1, -0.05) is 19.1 Å². The fourth-order valence-electron chi connectivity index (χ4n) is 2.20. The molecule has 0 amide bonds. The van der Waals surface area contributed by atoms with Crippen molar-refractivity contribution in [3.05, 3.63) is 29.8 Å². The Morgan fingerprint density at radius 3 is 2.81 bits per heavy atom. The van der Waals surface area contributed by atoms with E-state index in [-0.39, 0.29) is 6.04 Å². The molecule has 2 N–H and O–H groups in total. The Hall–Kier alpha value is -1.02. The smallest absolute Gasteiger partial charge is 0.119 e. The first-order valence-corrected chi connectivity index (χ1v) is 6.20. The molecule has 0 aliphatic heterocycles. The van der Waals surface area contributed by atoms with Crippen molar-refractivity contribution >= 4 is 0 Å². The quantitative estimate of drug-likeness (QED) is 0.825. The normalized spacial score (nSPS) is 19.2. The third kappa shape index (κ3) is 2.56. The van der Waals surface area contributed by atoms with Crippen molar-refractivity contribution in [2.45, 2.75) is 32.7 Å². The standard InChI is InChI=1S/C14H21NO/c1-3-16-13-6-4-5-12(9-13)14(15)10(2)11-7-8-11/h4-6,9-11,14H,3,7-8,15H2,1-2H3. The number of rotatable bonds is 5. The Kier molecular flexibility index (Phi) is 3.49. The highest BCUT2D eigenvalue weighted by atomic mass is 16.5. The molecule has 0 saturated heterocycles. The van der Waals surface area contributed by atoms with Gasteiger partial charge < -0.3 is 10.5 Å². The largest absolute Gasteiger partial charge is 0.494 e. The van der Waals surface area contributed by atoms with Gasteiger partial charge >= 0.3 is 0 Å². The van der Waals surface area contributed by atoms with Crippen molar-refractivity contribution in [1.29, 1.82) is 0 Å². The molecule has 1 aromatic rings. The van der Waals surface area contributed by atoms with E-state index in [0.29, 0.717) is 12.5 Å². The van der Waals surface area contributed by atoms with Gasteiger partial charge in [0.1, 0.15) is 5.75 Å². The molecule has 2 rings (SSSR count). The van der Waals surface area contributed by atoms with Crippen molar-refractivity contribution in [1.82, 2.24) is 0 Å². The zero-order chi connectivity index (χ0) is 11.5. The van der Waals surface area contributed by atoms with Gasteiger partial charge in [-0.2, -0.15) is 0 Å². The molecule has 0 spiro atoms. The molecule has 1 saturated carbocycles. The fraction of sp³-hybridized carbons (Fsp3) is 0.571. The van der Waals surface area contributed by atoms with Crippen LogP contribution in [0.15, 0.2) is 24.3 Å². The van der Waals surface area contributed by atoms with E-state index in [4.69, 9.17) is 10.5 Å². The molecule has 2 nitrogen and oxygen atoms in total. The van der Waals surface area contributed by atoms with Gasteiger partial charge in [0.05, 0.1) is 6.61 Å². The highest BCUT2D eigenvalue weighted by Crippen LogP contribution is 2.41. The van der Waals surface area contributed by atoms with Crippen molar-refractivity contribution in [2.24, 2.45) is 17.6 Å². The molecule has 1 aliphatic carbocycles. The Bertz CT molecular complexity index is 346. The third-order valence-electron chi connectivity index (χ3n) is 3.49. The molecule has 2 atom stereocenters. The number of hydrogen-bond acceptors (Lipinski definition) is 2. The van der Waals surface area contributed by atoms with Crippen LogP contribution in [-0.2, 0) is 0 Å². The molecule has 0 radical (unpaired) electrons. The second kappa shape index (κ2) is 4.88. The summed E-state index contributed by atoms with van der Waals surface area (Å²) in [5, 5.41) is 0. The SMILES string of the molecule is CCOc1cccc(C(N)C(C)C2CC2)c1. The average molecular weight is 219 g/mol. The maximum absolute atomic E-state index is 6.29. The minimum absolute atomic E-state index is 0.146. The summed E-state index contributed by atoms with van der Waals surface area (Å²) in [5.41, 5.74) is 7.49. The minimum atomic E-state index is 0.146. The first-order chi connectivity index (χ1) is 7.72. The summed E-state index contributed by atoms with van der Waals surface area (Å²) in [6.45, 7) is 4.96. The van der Waals surface area contributed by atoms with Crippen LogP contribution in [0.5, 0.6) is 5.75 Å². The summed E-state index contributed by atoms with van der Waals surface area (Å²) in [6.07, 6.45) is 2.69. The van der Waals surface area contributed by atoms with Crippen LogP contribution < -0.4 is 10.5 Å². The van der Waals surface area contributed by atoms with Crippen LogP contribution in [0.2, 0.25) is 0 Å². The van der Waals surface area contributed by atoms with E-state index in [9.17, 15) is 0 Å². The van der Waals surface area contributed by atoms with Crippen LogP contribution in [0.25, 0.3) is 0 Å². The van der Waals surface area contributed by atoms with Crippen LogP contribution >= 0.6 is 0 Å². The van der Waals surface area contributed by atoms with E-state index >= 15 is 0 Å². The van der Waals surface area contributed by atoms with Crippen molar-refractivity contribution in [3.63, 3.8) is 0 Å². The molecule has 88 valence electrons. The van der Waals surface area contributed by atoms with E-state index in [0.717, 1.165) is 11.7 Å². The van der Waals surface area contributed by atoms with Crippen LogP contribution in [-0.4, -0.2) is 6.61 Å². The summed E-state index contributed by atoms with van der Waals surface area (Å²) in [6, 6.07) is 8.34. The zero-order valence-electron chi connectivity index (χ0n) is 10.1. The fourth-order valence-corrected chi connectivity index (χ4v) is 2.20. The lowest BCUT2D eigenvalue weighted by Crippen LogP contribution is -2.20. The van der Waals surface area contributed by atoms with Crippen molar-refractivity contribution in [2.75, 3.05) is 6.61 Å². The first-order valence-electron chi connectivity index (χ1n) is 6.20. The number of hydrogen-bond donors (Lipinski definition) is 1. The predicted octanol–water partition coefficient (Wildman–Crippen LogP) is 3.13. The lowest BCUT2D eigenvalue weighted by atomic mass is 9.91.